The zero-order valence-corrected chi connectivity index (χ0v) is 11.4. The molecule has 0 amide bonds. The van der Waals surface area contributed by atoms with Gasteiger partial charge in [0.2, 0.25) is 0 Å². The average Bonchev–Trinajstić information content (AvgIpc) is 2.73. The minimum Gasteiger partial charge on any atom is -0.481 e. The third kappa shape index (κ3) is 2.39. The van der Waals surface area contributed by atoms with E-state index in [1.165, 1.54) is 0 Å². The quantitative estimate of drug-likeness (QED) is 0.890. The summed E-state index contributed by atoms with van der Waals surface area (Å²) >= 11 is 5.97. The van der Waals surface area contributed by atoms with Gasteiger partial charge in [-0.3, -0.25) is 4.79 Å². The molecule has 2 rings (SSSR count). The van der Waals surface area contributed by atoms with Crippen LogP contribution in [0.5, 0.6) is 0 Å². The number of carboxylic acid groups (broad SMARTS) is 1. The average molecular weight is 279 g/mol. The van der Waals surface area contributed by atoms with Crippen LogP contribution < -0.4 is 5.32 Å². The molecule has 5 heteroatoms. The predicted molar refractivity (Wildman–Crippen MR) is 73.2 cm³/mol. The molecule has 2 atom stereocenters. The zero-order valence-electron chi connectivity index (χ0n) is 10.6. The van der Waals surface area contributed by atoms with Crippen molar-refractivity contribution in [2.24, 2.45) is 5.41 Å². The number of hydrogen-bond acceptors (Lipinski definition) is 3. The summed E-state index contributed by atoms with van der Waals surface area (Å²) in [4.78, 5) is 11.4. The molecule has 100 valence electrons. The molecule has 1 aromatic rings. The van der Waals surface area contributed by atoms with Crippen LogP contribution in [0.2, 0.25) is 5.02 Å². The molecular formula is C14H15ClN2O2. The molecule has 0 radical (unpaired) electrons. The van der Waals surface area contributed by atoms with E-state index in [0.29, 0.717) is 22.7 Å². The number of nitrogens with one attached hydrogen (secondary N) is 1. The molecule has 19 heavy (non-hydrogen) atoms. The lowest BCUT2D eigenvalue weighted by atomic mass is 9.84. The highest BCUT2D eigenvalue weighted by Crippen LogP contribution is 2.40. The number of carboxylic acids is 1. The number of nitriles is 1. The number of carbonyl (C=O) groups is 1. The molecule has 0 spiro atoms. The van der Waals surface area contributed by atoms with Crippen LogP contribution in [0.15, 0.2) is 18.2 Å². The maximum absolute atomic E-state index is 11.4. The van der Waals surface area contributed by atoms with Crippen molar-refractivity contribution in [3.63, 3.8) is 0 Å². The van der Waals surface area contributed by atoms with E-state index in [2.05, 4.69) is 11.4 Å². The van der Waals surface area contributed by atoms with Crippen LogP contribution in [-0.2, 0) is 4.79 Å². The van der Waals surface area contributed by atoms with Gasteiger partial charge in [-0.15, -0.1) is 0 Å². The number of anilines is 1. The molecule has 4 nitrogen and oxygen atoms in total. The smallest absolute Gasteiger partial charge is 0.311 e. The van der Waals surface area contributed by atoms with Crippen molar-refractivity contribution in [1.82, 2.24) is 0 Å². The second-order valence-corrected chi connectivity index (χ2v) is 5.49. The number of halogens is 1. The summed E-state index contributed by atoms with van der Waals surface area (Å²) in [6.07, 6.45) is 2.28. The van der Waals surface area contributed by atoms with Crippen molar-refractivity contribution in [3.05, 3.63) is 28.8 Å². The minimum absolute atomic E-state index is 0.185. The van der Waals surface area contributed by atoms with Gasteiger partial charge < -0.3 is 10.4 Å². The normalized spacial score (nSPS) is 25.8. The zero-order chi connectivity index (χ0) is 14.0. The Morgan fingerprint density at radius 1 is 1.63 bits per heavy atom. The van der Waals surface area contributed by atoms with Crippen LogP contribution in [0.4, 0.5) is 5.69 Å². The number of rotatable bonds is 3. The van der Waals surface area contributed by atoms with Crippen LogP contribution in [0.1, 0.15) is 31.7 Å². The van der Waals surface area contributed by atoms with Crippen molar-refractivity contribution in [2.75, 3.05) is 5.32 Å². The molecule has 0 saturated heterocycles. The predicted octanol–water partition coefficient (Wildman–Crippen LogP) is 3.27. The first kappa shape index (κ1) is 13.7. The van der Waals surface area contributed by atoms with Gasteiger partial charge in [-0.1, -0.05) is 24.1 Å². The molecule has 1 saturated carbocycles. The summed E-state index contributed by atoms with van der Waals surface area (Å²) in [5.74, 6) is -0.803. The molecular weight excluding hydrogens is 264 g/mol. The molecule has 2 N–H and O–H groups in total. The molecule has 1 fully saturated rings. The van der Waals surface area contributed by atoms with Crippen LogP contribution in [0.25, 0.3) is 0 Å². The summed E-state index contributed by atoms with van der Waals surface area (Å²) in [7, 11) is 0. The highest BCUT2D eigenvalue weighted by molar-refractivity contribution is 6.32. The number of aliphatic carboxylic acids is 1. The van der Waals surface area contributed by atoms with Crippen molar-refractivity contribution in [3.8, 4) is 6.07 Å². The Kier molecular flexibility index (Phi) is 3.68. The van der Waals surface area contributed by atoms with Crippen LogP contribution in [0.3, 0.4) is 0 Å². The molecule has 0 heterocycles. The van der Waals surface area contributed by atoms with Crippen LogP contribution >= 0.6 is 11.6 Å². The Morgan fingerprint density at radius 2 is 2.37 bits per heavy atom. The minimum atomic E-state index is -0.803. The first-order valence-electron chi connectivity index (χ1n) is 6.17. The van der Waals surface area contributed by atoms with E-state index in [1.807, 2.05) is 0 Å². The van der Waals surface area contributed by atoms with E-state index in [4.69, 9.17) is 16.9 Å². The maximum atomic E-state index is 11.4. The fraction of sp³-hybridized carbons (Fsp3) is 0.429. The lowest BCUT2D eigenvalue weighted by Crippen LogP contribution is -2.40. The lowest BCUT2D eigenvalue weighted by Gasteiger charge is -2.29. The third-order valence-corrected chi connectivity index (χ3v) is 4.22. The first-order valence-corrected chi connectivity index (χ1v) is 6.55. The SMILES string of the molecule is CC1(C(=O)O)CCCC1Nc1cccc(Cl)c1C#N. The van der Waals surface area contributed by atoms with E-state index < -0.39 is 11.4 Å². The van der Waals surface area contributed by atoms with Gasteiger partial charge in [0.15, 0.2) is 0 Å². The molecule has 1 aliphatic rings. The second kappa shape index (κ2) is 5.10. The largest absolute Gasteiger partial charge is 0.481 e. The number of nitrogens with zero attached hydrogens (tertiary/aromatic N) is 1. The Balaban J connectivity index is 2.30. The molecule has 1 aromatic carbocycles. The van der Waals surface area contributed by atoms with Gasteiger partial charge >= 0.3 is 5.97 Å². The van der Waals surface area contributed by atoms with Crippen molar-refractivity contribution in [1.29, 1.82) is 5.26 Å². The van der Waals surface area contributed by atoms with Gasteiger partial charge in [0.25, 0.3) is 0 Å². The summed E-state index contributed by atoms with van der Waals surface area (Å²) in [6.45, 7) is 1.75. The monoisotopic (exact) mass is 278 g/mol. The highest BCUT2D eigenvalue weighted by Gasteiger charge is 2.45. The molecule has 0 aromatic heterocycles. The summed E-state index contributed by atoms with van der Waals surface area (Å²) in [5.41, 5.74) is 0.174. The standard InChI is InChI=1S/C14H15ClN2O2/c1-14(13(18)19)7-3-6-12(14)17-11-5-2-4-10(15)9(11)8-16/h2,4-5,12,17H,3,6-7H2,1H3,(H,18,19). The van der Waals surface area contributed by atoms with E-state index in [9.17, 15) is 9.90 Å². The van der Waals surface area contributed by atoms with Gasteiger partial charge in [0, 0.05) is 6.04 Å². The molecule has 1 aliphatic carbocycles. The van der Waals surface area contributed by atoms with E-state index >= 15 is 0 Å². The van der Waals surface area contributed by atoms with Gasteiger partial charge in [-0.25, -0.2) is 0 Å². The van der Waals surface area contributed by atoms with Crippen molar-refractivity contribution in [2.45, 2.75) is 32.2 Å². The third-order valence-electron chi connectivity index (χ3n) is 3.90. The van der Waals surface area contributed by atoms with Gasteiger partial charge in [0.1, 0.15) is 6.07 Å². The van der Waals surface area contributed by atoms with E-state index in [0.717, 1.165) is 12.8 Å². The Morgan fingerprint density at radius 3 is 3.00 bits per heavy atom. The highest BCUT2D eigenvalue weighted by atomic mass is 35.5. The van der Waals surface area contributed by atoms with E-state index in [-0.39, 0.29) is 6.04 Å². The Labute approximate surface area is 117 Å². The summed E-state index contributed by atoms with van der Waals surface area (Å²) in [6, 6.07) is 7.02. The Bertz CT molecular complexity index is 553. The molecule has 0 aliphatic heterocycles. The van der Waals surface area contributed by atoms with E-state index in [1.54, 1.807) is 25.1 Å². The lowest BCUT2D eigenvalue weighted by molar-refractivity contribution is -0.147. The summed E-state index contributed by atoms with van der Waals surface area (Å²) in [5, 5.41) is 22.1. The second-order valence-electron chi connectivity index (χ2n) is 5.09. The Hall–Kier alpha value is -1.73. The fourth-order valence-corrected chi connectivity index (χ4v) is 2.82. The van der Waals surface area contributed by atoms with Crippen molar-refractivity contribution < 1.29 is 9.90 Å². The van der Waals surface area contributed by atoms with Crippen LogP contribution in [-0.4, -0.2) is 17.1 Å². The maximum Gasteiger partial charge on any atom is 0.311 e. The number of hydrogen-bond donors (Lipinski definition) is 2. The van der Waals surface area contributed by atoms with Crippen LogP contribution in [0, 0.1) is 16.7 Å². The molecule has 2 unspecified atom stereocenters. The number of benzene rings is 1. The van der Waals surface area contributed by atoms with Gasteiger partial charge in [-0.2, -0.15) is 5.26 Å². The summed E-state index contributed by atoms with van der Waals surface area (Å²) < 4.78 is 0. The van der Waals surface area contributed by atoms with Gasteiger partial charge in [-0.05, 0) is 31.9 Å². The van der Waals surface area contributed by atoms with Crippen molar-refractivity contribution >= 4 is 23.3 Å². The first-order chi connectivity index (χ1) is 8.99. The fourth-order valence-electron chi connectivity index (χ4n) is 2.60. The molecule has 0 bridgehead atoms. The van der Waals surface area contributed by atoms with Gasteiger partial charge in [0.05, 0.1) is 21.7 Å². The topological polar surface area (TPSA) is 73.1 Å².